The number of amides is 2. The first kappa shape index (κ1) is 20.2. The van der Waals surface area contributed by atoms with Crippen molar-refractivity contribution in [3.05, 3.63) is 83.7 Å². The van der Waals surface area contributed by atoms with Crippen LogP contribution in [0.1, 0.15) is 34.8 Å². The van der Waals surface area contributed by atoms with E-state index in [2.05, 4.69) is 16.4 Å². The number of aromatic nitrogens is 1. The molecule has 2 aromatic carbocycles. The van der Waals surface area contributed by atoms with E-state index in [1.54, 1.807) is 28.9 Å². The summed E-state index contributed by atoms with van der Waals surface area (Å²) in [6, 6.07) is 17.4. The van der Waals surface area contributed by atoms with Crippen molar-refractivity contribution in [2.45, 2.75) is 30.4 Å². The average Bonchev–Trinajstić information content (AvgIpc) is 3.22. The molecule has 1 aliphatic rings. The fourth-order valence-corrected chi connectivity index (χ4v) is 4.31. The molecule has 0 aliphatic carbocycles. The van der Waals surface area contributed by atoms with Gasteiger partial charge < -0.3 is 10.2 Å². The number of anilines is 2. The zero-order chi connectivity index (χ0) is 20.9. The Balaban J connectivity index is 1.38. The van der Waals surface area contributed by atoms with Crippen LogP contribution in [0, 0.1) is 0 Å². The van der Waals surface area contributed by atoms with Crippen LogP contribution < -0.4 is 10.2 Å². The normalized spacial score (nSPS) is 12.5. The van der Waals surface area contributed by atoms with Crippen molar-refractivity contribution >= 4 is 35.0 Å². The minimum absolute atomic E-state index is 0.118. The quantitative estimate of drug-likeness (QED) is 0.578. The average molecular weight is 418 g/mol. The number of rotatable bonds is 6. The van der Waals surface area contributed by atoms with Crippen molar-refractivity contribution in [3.8, 4) is 0 Å². The molecule has 1 N–H and O–H groups in total. The summed E-state index contributed by atoms with van der Waals surface area (Å²) >= 11 is 1.73. The standard InChI is InChI=1S/C24H23N3O2S/c1-2-23(28)27-13-11-18-14-19(5-10-22(18)27)24(29)26-20-6-8-21(9-7-20)30-16-17-4-3-12-25-15-17/h3-10,12,14-15H,2,11,13,16H2,1H3,(H,26,29). The fraction of sp³-hybridized carbons (Fsp3) is 0.208. The number of pyridine rings is 1. The molecule has 0 saturated heterocycles. The van der Waals surface area contributed by atoms with Crippen LogP contribution in [0.3, 0.4) is 0 Å². The maximum absolute atomic E-state index is 12.7. The lowest BCUT2D eigenvalue weighted by molar-refractivity contribution is -0.118. The number of thioether (sulfide) groups is 1. The Bertz CT molecular complexity index is 1050. The van der Waals surface area contributed by atoms with Gasteiger partial charge in [-0.1, -0.05) is 13.0 Å². The molecule has 0 saturated carbocycles. The van der Waals surface area contributed by atoms with Crippen molar-refractivity contribution < 1.29 is 9.59 Å². The Morgan fingerprint density at radius 2 is 1.97 bits per heavy atom. The lowest BCUT2D eigenvalue weighted by Crippen LogP contribution is -2.27. The third kappa shape index (κ3) is 4.54. The number of hydrogen-bond donors (Lipinski definition) is 1. The number of carbonyl (C=O) groups is 2. The van der Waals surface area contributed by atoms with Gasteiger partial charge in [-0.2, -0.15) is 0 Å². The van der Waals surface area contributed by atoms with Gasteiger partial charge in [-0.3, -0.25) is 14.6 Å². The second-order valence-electron chi connectivity index (χ2n) is 7.12. The molecule has 0 unspecified atom stereocenters. The van der Waals surface area contributed by atoms with Gasteiger partial charge in [-0.05, 0) is 66.1 Å². The summed E-state index contributed by atoms with van der Waals surface area (Å²) in [7, 11) is 0. The van der Waals surface area contributed by atoms with E-state index < -0.39 is 0 Å². The van der Waals surface area contributed by atoms with E-state index in [1.807, 2.05) is 55.6 Å². The highest BCUT2D eigenvalue weighted by Gasteiger charge is 2.24. The van der Waals surface area contributed by atoms with E-state index in [-0.39, 0.29) is 11.8 Å². The molecule has 5 nitrogen and oxygen atoms in total. The van der Waals surface area contributed by atoms with Crippen LogP contribution in [0.5, 0.6) is 0 Å². The summed E-state index contributed by atoms with van der Waals surface area (Å²) in [6.07, 6.45) is 4.91. The Labute approximate surface area is 180 Å². The Morgan fingerprint density at radius 3 is 2.70 bits per heavy atom. The first-order valence-electron chi connectivity index (χ1n) is 10.0. The van der Waals surface area contributed by atoms with Gasteiger partial charge in [0.25, 0.3) is 5.91 Å². The molecule has 1 aliphatic heterocycles. The van der Waals surface area contributed by atoms with E-state index in [0.29, 0.717) is 18.5 Å². The smallest absolute Gasteiger partial charge is 0.255 e. The van der Waals surface area contributed by atoms with Gasteiger partial charge in [0.15, 0.2) is 0 Å². The zero-order valence-electron chi connectivity index (χ0n) is 16.8. The van der Waals surface area contributed by atoms with E-state index in [4.69, 9.17) is 0 Å². The molecule has 3 aromatic rings. The van der Waals surface area contributed by atoms with E-state index in [0.717, 1.165) is 34.0 Å². The molecular weight excluding hydrogens is 394 g/mol. The van der Waals surface area contributed by atoms with Gasteiger partial charge in [-0.25, -0.2) is 0 Å². The maximum atomic E-state index is 12.7. The summed E-state index contributed by atoms with van der Waals surface area (Å²) in [6.45, 7) is 2.55. The Hall–Kier alpha value is -3.12. The molecule has 152 valence electrons. The lowest BCUT2D eigenvalue weighted by Gasteiger charge is -2.16. The largest absolute Gasteiger partial charge is 0.322 e. The fourth-order valence-electron chi connectivity index (χ4n) is 3.48. The zero-order valence-corrected chi connectivity index (χ0v) is 17.6. The molecule has 6 heteroatoms. The van der Waals surface area contributed by atoms with Crippen LogP contribution in [0.2, 0.25) is 0 Å². The van der Waals surface area contributed by atoms with Crippen molar-refractivity contribution in [3.63, 3.8) is 0 Å². The van der Waals surface area contributed by atoms with Crippen LogP contribution in [0.25, 0.3) is 0 Å². The molecule has 30 heavy (non-hydrogen) atoms. The molecule has 2 amide bonds. The van der Waals surface area contributed by atoms with Gasteiger partial charge in [-0.15, -0.1) is 11.8 Å². The number of carbonyl (C=O) groups excluding carboxylic acids is 2. The molecule has 0 atom stereocenters. The van der Waals surface area contributed by atoms with Crippen LogP contribution in [0.4, 0.5) is 11.4 Å². The van der Waals surface area contributed by atoms with Gasteiger partial charge in [0.05, 0.1) is 0 Å². The first-order valence-corrected chi connectivity index (χ1v) is 11.0. The van der Waals surface area contributed by atoms with Crippen molar-refractivity contribution in [2.24, 2.45) is 0 Å². The molecule has 0 fully saturated rings. The van der Waals surface area contributed by atoms with Crippen LogP contribution in [0.15, 0.2) is 71.9 Å². The number of benzene rings is 2. The third-order valence-corrected chi connectivity index (χ3v) is 6.16. The highest BCUT2D eigenvalue weighted by molar-refractivity contribution is 7.98. The summed E-state index contributed by atoms with van der Waals surface area (Å²) in [5, 5.41) is 2.96. The summed E-state index contributed by atoms with van der Waals surface area (Å²) in [5.74, 6) is 0.827. The highest BCUT2D eigenvalue weighted by Crippen LogP contribution is 2.30. The minimum Gasteiger partial charge on any atom is -0.322 e. The molecular formula is C24H23N3O2S. The van der Waals surface area contributed by atoms with E-state index >= 15 is 0 Å². The van der Waals surface area contributed by atoms with Crippen LogP contribution in [-0.4, -0.2) is 23.3 Å². The van der Waals surface area contributed by atoms with Crippen LogP contribution >= 0.6 is 11.8 Å². The lowest BCUT2D eigenvalue weighted by atomic mass is 10.1. The third-order valence-electron chi connectivity index (χ3n) is 5.08. The maximum Gasteiger partial charge on any atom is 0.255 e. The monoisotopic (exact) mass is 417 g/mol. The van der Waals surface area contributed by atoms with Crippen molar-refractivity contribution in [1.82, 2.24) is 4.98 Å². The van der Waals surface area contributed by atoms with Gasteiger partial charge in [0.2, 0.25) is 5.91 Å². The second-order valence-corrected chi connectivity index (χ2v) is 8.17. The summed E-state index contributed by atoms with van der Waals surface area (Å²) < 4.78 is 0. The van der Waals surface area contributed by atoms with Crippen molar-refractivity contribution in [2.75, 3.05) is 16.8 Å². The van der Waals surface area contributed by atoms with Gasteiger partial charge in [0, 0.05) is 52.9 Å². The number of nitrogens with zero attached hydrogens (tertiary/aromatic N) is 2. The van der Waals surface area contributed by atoms with Crippen molar-refractivity contribution in [1.29, 1.82) is 0 Å². The second kappa shape index (κ2) is 9.13. The van der Waals surface area contributed by atoms with Gasteiger partial charge >= 0.3 is 0 Å². The predicted molar refractivity (Wildman–Crippen MR) is 121 cm³/mol. The summed E-state index contributed by atoms with van der Waals surface area (Å²) in [5.41, 5.74) is 4.51. The minimum atomic E-state index is -0.145. The molecule has 1 aromatic heterocycles. The van der Waals surface area contributed by atoms with E-state index in [9.17, 15) is 9.59 Å². The van der Waals surface area contributed by atoms with Gasteiger partial charge in [0.1, 0.15) is 0 Å². The first-order chi connectivity index (χ1) is 14.6. The molecule has 0 spiro atoms. The molecule has 4 rings (SSSR count). The molecule has 2 heterocycles. The SMILES string of the molecule is CCC(=O)N1CCc2cc(C(=O)Nc3ccc(SCc4cccnc4)cc3)ccc21. The Kier molecular flexibility index (Phi) is 6.14. The number of nitrogens with one attached hydrogen (secondary N) is 1. The molecule has 0 bridgehead atoms. The van der Waals surface area contributed by atoms with Crippen LogP contribution in [-0.2, 0) is 17.0 Å². The Morgan fingerprint density at radius 1 is 1.13 bits per heavy atom. The topological polar surface area (TPSA) is 62.3 Å². The summed E-state index contributed by atoms with van der Waals surface area (Å²) in [4.78, 5) is 31.8. The number of fused-ring (bicyclic) bond motifs is 1. The van der Waals surface area contributed by atoms with E-state index in [1.165, 1.54) is 5.56 Å². The molecule has 0 radical (unpaired) electrons. The highest BCUT2D eigenvalue weighted by atomic mass is 32.2. The number of hydrogen-bond acceptors (Lipinski definition) is 4. The predicted octanol–water partition coefficient (Wildman–Crippen LogP) is 4.93.